The van der Waals surface area contributed by atoms with Gasteiger partial charge in [-0.2, -0.15) is 0 Å². The minimum Gasteiger partial charge on any atom is -0.453 e. The summed E-state index contributed by atoms with van der Waals surface area (Å²) >= 11 is 0. The van der Waals surface area contributed by atoms with Crippen molar-refractivity contribution in [3.8, 4) is 0 Å². The van der Waals surface area contributed by atoms with Gasteiger partial charge in [0.05, 0.1) is 7.11 Å². The molecule has 0 heterocycles. The van der Waals surface area contributed by atoms with Crippen molar-refractivity contribution in [3.05, 3.63) is 0 Å². The lowest BCUT2D eigenvalue weighted by molar-refractivity contribution is -0.126. The Labute approximate surface area is 90.4 Å². The molecule has 0 bridgehead atoms. The van der Waals surface area contributed by atoms with E-state index in [1.54, 1.807) is 0 Å². The van der Waals surface area contributed by atoms with Crippen molar-refractivity contribution in [2.24, 2.45) is 11.8 Å². The number of Topliss-reactive ketones (excluding diaryl/α,β-unsaturated/α-hetero) is 1. The fourth-order valence-electron chi connectivity index (χ4n) is 2.11. The molecule has 0 radical (unpaired) electrons. The fraction of sp³-hybridized carbons (Fsp3) is 0.818. The third-order valence-corrected chi connectivity index (χ3v) is 2.94. The number of methoxy groups -OCH3 is 1. The Morgan fingerprint density at radius 3 is 2.53 bits per heavy atom. The molecular weight excluding hydrogens is 194 g/mol. The summed E-state index contributed by atoms with van der Waals surface area (Å²) in [6.45, 7) is 3.80. The molecule has 1 aliphatic carbocycles. The van der Waals surface area contributed by atoms with E-state index in [2.05, 4.69) is 10.1 Å². The molecule has 0 aromatic heterocycles. The Balaban J connectivity index is 2.57. The van der Waals surface area contributed by atoms with Crippen LogP contribution < -0.4 is 5.32 Å². The summed E-state index contributed by atoms with van der Waals surface area (Å²) in [4.78, 5) is 22.9. The van der Waals surface area contributed by atoms with Crippen molar-refractivity contribution in [3.63, 3.8) is 0 Å². The second kappa shape index (κ2) is 5.14. The van der Waals surface area contributed by atoms with E-state index in [-0.39, 0.29) is 23.7 Å². The highest BCUT2D eigenvalue weighted by molar-refractivity contribution is 5.84. The van der Waals surface area contributed by atoms with E-state index in [4.69, 9.17) is 0 Å². The minimum atomic E-state index is -0.441. The van der Waals surface area contributed by atoms with Crippen LogP contribution in [-0.4, -0.2) is 25.0 Å². The average molecular weight is 213 g/mol. The molecular formula is C11H19NO3. The van der Waals surface area contributed by atoms with Crippen LogP contribution in [0.3, 0.4) is 0 Å². The molecule has 1 amide bonds. The second-order valence-corrected chi connectivity index (χ2v) is 4.34. The molecule has 0 aromatic carbocycles. The van der Waals surface area contributed by atoms with E-state index in [1.165, 1.54) is 7.11 Å². The number of hydrogen-bond acceptors (Lipinski definition) is 3. The molecule has 0 unspecified atom stereocenters. The number of amides is 1. The van der Waals surface area contributed by atoms with Crippen molar-refractivity contribution in [1.82, 2.24) is 5.32 Å². The van der Waals surface area contributed by atoms with Gasteiger partial charge in [-0.25, -0.2) is 4.79 Å². The van der Waals surface area contributed by atoms with Crippen LogP contribution in [0, 0.1) is 11.8 Å². The molecule has 1 aliphatic rings. The van der Waals surface area contributed by atoms with Crippen molar-refractivity contribution in [2.75, 3.05) is 7.11 Å². The SMILES string of the molecule is COC(=O)N[C@@H]1CCC[C@@H]1C(=O)C(C)C. The van der Waals surface area contributed by atoms with Gasteiger partial charge < -0.3 is 10.1 Å². The maximum atomic E-state index is 11.8. The van der Waals surface area contributed by atoms with E-state index < -0.39 is 6.09 Å². The number of rotatable bonds is 3. The molecule has 4 heteroatoms. The Kier molecular flexibility index (Phi) is 4.12. The van der Waals surface area contributed by atoms with Gasteiger partial charge in [-0.1, -0.05) is 20.3 Å². The molecule has 0 aromatic rings. The number of hydrogen-bond donors (Lipinski definition) is 1. The summed E-state index contributed by atoms with van der Waals surface area (Å²) in [6.07, 6.45) is 2.31. The van der Waals surface area contributed by atoms with Gasteiger partial charge in [0.2, 0.25) is 0 Å². The molecule has 1 rings (SSSR count). The fourth-order valence-corrected chi connectivity index (χ4v) is 2.11. The van der Waals surface area contributed by atoms with E-state index in [0.29, 0.717) is 0 Å². The highest BCUT2D eigenvalue weighted by Gasteiger charge is 2.34. The zero-order valence-corrected chi connectivity index (χ0v) is 9.58. The van der Waals surface area contributed by atoms with Crippen LogP contribution in [0.25, 0.3) is 0 Å². The molecule has 2 atom stereocenters. The minimum absolute atomic E-state index is 0.0240. The van der Waals surface area contributed by atoms with Gasteiger partial charge >= 0.3 is 6.09 Å². The molecule has 86 valence electrons. The molecule has 1 N–H and O–H groups in total. The van der Waals surface area contributed by atoms with Crippen molar-refractivity contribution < 1.29 is 14.3 Å². The van der Waals surface area contributed by atoms with Crippen molar-refractivity contribution in [2.45, 2.75) is 39.2 Å². The predicted octanol–water partition coefficient (Wildman–Crippen LogP) is 1.74. The summed E-state index contributed by atoms with van der Waals surface area (Å²) in [5.41, 5.74) is 0. The van der Waals surface area contributed by atoms with Crippen molar-refractivity contribution >= 4 is 11.9 Å². The molecule has 1 fully saturated rings. The quantitative estimate of drug-likeness (QED) is 0.776. The lowest BCUT2D eigenvalue weighted by Crippen LogP contribution is -2.41. The van der Waals surface area contributed by atoms with Crippen molar-refractivity contribution in [1.29, 1.82) is 0 Å². The normalized spacial score (nSPS) is 25.3. The van der Waals surface area contributed by atoms with Crippen LogP contribution in [0.15, 0.2) is 0 Å². The first kappa shape index (κ1) is 12.0. The summed E-state index contributed by atoms with van der Waals surface area (Å²) in [6, 6.07) is -0.0349. The highest BCUT2D eigenvalue weighted by Crippen LogP contribution is 2.28. The molecule has 0 saturated heterocycles. The standard InChI is InChI=1S/C11H19NO3/c1-7(2)10(13)8-5-4-6-9(8)12-11(14)15-3/h7-9H,4-6H2,1-3H3,(H,12,14)/t8-,9+/m0/s1. The largest absolute Gasteiger partial charge is 0.453 e. The van der Waals surface area contributed by atoms with E-state index >= 15 is 0 Å². The molecule has 1 saturated carbocycles. The van der Waals surface area contributed by atoms with Gasteiger partial charge in [-0.15, -0.1) is 0 Å². The number of carbonyl (C=O) groups excluding carboxylic acids is 2. The molecule has 4 nitrogen and oxygen atoms in total. The topological polar surface area (TPSA) is 55.4 Å². The van der Waals surface area contributed by atoms with Crippen LogP contribution in [0.5, 0.6) is 0 Å². The lowest BCUT2D eigenvalue weighted by Gasteiger charge is -2.20. The van der Waals surface area contributed by atoms with Crippen LogP contribution >= 0.6 is 0 Å². The second-order valence-electron chi connectivity index (χ2n) is 4.34. The predicted molar refractivity (Wildman–Crippen MR) is 56.5 cm³/mol. The Morgan fingerprint density at radius 2 is 2.00 bits per heavy atom. The number of carbonyl (C=O) groups is 2. The summed E-state index contributed by atoms with van der Waals surface area (Å²) in [7, 11) is 1.34. The lowest BCUT2D eigenvalue weighted by atomic mass is 9.91. The van der Waals surface area contributed by atoms with Crippen LogP contribution in [-0.2, 0) is 9.53 Å². The van der Waals surface area contributed by atoms with Gasteiger partial charge in [0.25, 0.3) is 0 Å². The number of ether oxygens (including phenoxy) is 1. The van der Waals surface area contributed by atoms with E-state index in [0.717, 1.165) is 19.3 Å². The zero-order valence-electron chi connectivity index (χ0n) is 9.58. The first-order chi connectivity index (χ1) is 7.06. The Hall–Kier alpha value is -1.06. The molecule has 0 spiro atoms. The van der Waals surface area contributed by atoms with Gasteiger partial charge in [0.1, 0.15) is 5.78 Å². The monoisotopic (exact) mass is 213 g/mol. The molecule has 0 aliphatic heterocycles. The smallest absolute Gasteiger partial charge is 0.407 e. The number of nitrogens with one attached hydrogen (secondary N) is 1. The zero-order chi connectivity index (χ0) is 11.4. The van der Waals surface area contributed by atoms with Crippen LogP contribution in [0.4, 0.5) is 4.79 Å². The third kappa shape index (κ3) is 2.94. The van der Waals surface area contributed by atoms with Crippen LogP contribution in [0.2, 0.25) is 0 Å². The Morgan fingerprint density at radius 1 is 1.33 bits per heavy atom. The van der Waals surface area contributed by atoms with Gasteiger partial charge in [0, 0.05) is 17.9 Å². The molecule has 15 heavy (non-hydrogen) atoms. The highest BCUT2D eigenvalue weighted by atomic mass is 16.5. The first-order valence-electron chi connectivity index (χ1n) is 5.44. The summed E-state index contributed by atoms with van der Waals surface area (Å²) in [5, 5.41) is 2.73. The van der Waals surface area contributed by atoms with Gasteiger partial charge in [-0.3, -0.25) is 4.79 Å². The average Bonchev–Trinajstić information content (AvgIpc) is 2.64. The van der Waals surface area contributed by atoms with Crippen LogP contribution in [0.1, 0.15) is 33.1 Å². The third-order valence-electron chi connectivity index (χ3n) is 2.94. The maximum Gasteiger partial charge on any atom is 0.407 e. The summed E-state index contributed by atoms with van der Waals surface area (Å²) in [5.74, 6) is 0.257. The summed E-state index contributed by atoms with van der Waals surface area (Å²) < 4.78 is 4.54. The maximum absolute atomic E-state index is 11.8. The van der Waals surface area contributed by atoms with E-state index in [9.17, 15) is 9.59 Å². The van der Waals surface area contributed by atoms with E-state index in [1.807, 2.05) is 13.8 Å². The van der Waals surface area contributed by atoms with Gasteiger partial charge in [0.15, 0.2) is 0 Å². The number of ketones is 1. The number of alkyl carbamates (subject to hydrolysis) is 1. The first-order valence-corrected chi connectivity index (χ1v) is 5.44. The van der Waals surface area contributed by atoms with Gasteiger partial charge in [-0.05, 0) is 12.8 Å². The Bertz CT molecular complexity index is 250.